The van der Waals surface area contributed by atoms with Crippen LogP contribution in [0.25, 0.3) is 5.57 Å². The zero-order valence-electron chi connectivity index (χ0n) is 12.6. The Morgan fingerprint density at radius 3 is 2.62 bits per heavy atom. The van der Waals surface area contributed by atoms with Gasteiger partial charge >= 0.3 is 5.97 Å². The van der Waals surface area contributed by atoms with Crippen LogP contribution in [0.4, 0.5) is 0 Å². The number of methoxy groups -OCH3 is 1. The first-order valence-electron chi connectivity index (χ1n) is 7.53. The second-order valence-electron chi connectivity index (χ2n) is 6.00. The molecule has 1 aromatic rings. The highest BCUT2D eigenvalue weighted by atomic mass is 16.5. The Morgan fingerprint density at radius 1 is 1.19 bits per heavy atom. The topological polar surface area (TPSA) is 43.4 Å². The number of fused-ring (bicyclic) bond motifs is 1. The number of esters is 1. The molecule has 0 spiro atoms. The van der Waals surface area contributed by atoms with Crippen LogP contribution in [0, 0.1) is 5.92 Å². The van der Waals surface area contributed by atoms with E-state index in [9.17, 15) is 9.59 Å². The van der Waals surface area contributed by atoms with Gasteiger partial charge in [-0.3, -0.25) is 4.79 Å². The molecule has 3 heteroatoms. The summed E-state index contributed by atoms with van der Waals surface area (Å²) in [5.74, 6) is 0.508. The summed E-state index contributed by atoms with van der Waals surface area (Å²) in [5, 5.41) is 0. The van der Waals surface area contributed by atoms with Crippen molar-refractivity contribution in [3.63, 3.8) is 0 Å². The van der Waals surface area contributed by atoms with E-state index in [2.05, 4.69) is 18.2 Å². The molecule has 1 aromatic carbocycles. The van der Waals surface area contributed by atoms with E-state index in [0.717, 1.165) is 36.0 Å². The Labute approximate surface area is 125 Å². The first-order valence-corrected chi connectivity index (χ1v) is 7.53. The van der Waals surface area contributed by atoms with E-state index in [1.54, 1.807) is 0 Å². The number of rotatable bonds is 3. The highest BCUT2D eigenvalue weighted by Crippen LogP contribution is 2.44. The van der Waals surface area contributed by atoms with Crippen molar-refractivity contribution < 1.29 is 14.3 Å². The molecule has 0 aliphatic heterocycles. The van der Waals surface area contributed by atoms with Gasteiger partial charge in [-0.25, -0.2) is 4.79 Å². The van der Waals surface area contributed by atoms with Crippen molar-refractivity contribution in [1.29, 1.82) is 0 Å². The van der Waals surface area contributed by atoms with Gasteiger partial charge in [-0.1, -0.05) is 18.2 Å². The lowest BCUT2D eigenvalue weighted by molar-refractivity contribution is -0.136. The molecule has 0 radical (unpaired) electrons. The lowest BCUT2D eigenvalue weighted by Gasteiger charge is -2.18. The van der Waals surface area contributed by atoms with E-state index in [0.29, 0.717) is 30.1 Å². The van der Waals surface area contributed by atoms with Gasteiger partial charge in [-0.05, 0) is 54.4 Å². The number of aryl methyl sites for hydroxylation is 1. The number of allylic oxidation sites excluding steroid dienone is 1. The van der Waals surface area contributed by atoms with Crippen molar-refractivity contribution in [3.8, 4) is 0 Å². The molecule has 0 atom stereocenters. The van der Waals surface area contributed by atoms with Crippen LogP contribution in [0.1, 0.15) is 42.9 Å². The molecule has 2 aliphatic carbocycles. The van der Waals surface area contributed by atoms with Crippen molar-refractivity contribution in [2.75, 3.05) is 7.11 Å². The number of ketones is 1. The van der Waals surface area contributed by atoms with E-state index < -0.39 is 0 Å². The Balaban J connectivity index is 2.03. The summed E-state index contributed by atoms with van der Waals surface area (Å²) in [6.07, 6.45) is 4.27. The molecule has 0 amide bonds. The highest BCUT2D eigenvalue weighted by molar-refractivity contribution is 5.98. The summed E-state index contributed by atoms with van der Waals surface area (Å²) in [4.78, 5) is 23.5. The van der Waals surface area contributed by atoms with Crippen LogP contribution < -0.4 is 0 Å². The maximum absolute atomic E-state index is 11.9. The number of carbonyl (C=O) groups excluding carboxylic acids is 2. The normalized spacial score (nSPS) is 18.9. The lowest BCUT2D eigenvalue weighted by Crippen LogP contribution is -2.14. The third kappa shape index (κ3) is 2.78. The summed E-state index contributed by atoms with van der Waals surface area (Å²) < 4.78 is 4.87. The summed E-state index contributed by atoms with van der Waals surface area (Å²) >= 11 is 0. The minimum atomic E-state index is -0.259. The van der Waals surface area contributed by atoms with Crippen LogP contribution in [0.5, 0.6) is 0 Å². The summed E-state index contributed by atoms with van der Waals surface area (Å²) in [6, 6.07) is 6.31. The van der Waals surface area contributed by atoms with Crippen molar-refractivity contribution in [3.05, 3.63) is 40.5 Å². The molecule has 0 unspecified atom stereocenters. The van der Waals surface area contributed by atoms with Gasteiger partial charge in [0, 0.05) is 18.4 Å². The fourth-order valence-electron chi connectivity index (χ4n) is 3.17. The number of hydrogen-bond acceptors (Lipinski definition) is 3. The Kier molecular flexibility index (Phi) is 3.66. The Bertz CT molecular complexity index is 636. The maximum Gasteiger partial charge on any atom is 0.333 e. The Hall–Kier alpha value is -1.90. The third-order valence-corrected chi connectivity index (χ3v) is 4.46. The van der Waals surface area contributed by atoms with Gasteiger partial charge in [0.25, 0.3) is 0 Å². The molecule has 1 saturated carbocycles. The van der Waals surface area contributed by atoms with Crippen LogP contribution in [0.2, 0.25) is 0 Å². The molecule has 21 heavy (non-hydrogen) atoms. The van der Waals surface area contributed by atoms with Crippen LogP contribution in [0.15, 0.2) is 23.8 Å². The zero-order chi connectivity index (χ0) is 15.0. The largest absolute Gasteiger partial charge is 0.466 e. The van der Waals surface area contributed by atoms with Crippen LogP contribution >= 0.6 is 0 Å². The lowest BCUT2D eigenvalue weighted by atomic mass is 9.86. The molecule has 0 saturated heterocycles. The Morgan fingerprint density at radius 2 is 1.95 bits per heavy atom. The number of Topliss-reactive ketones (excluding diaryl/α,β-unsaturated/α-hetero) is 1. The molecule has 0 bridgehead atoms. The monoisotopic (exact) mass is 284 g/mol. The van der Waals surface area contributed by atoms with Crippen LogP contribution in [0.3, 0.4) is 0 Å². The van der Waals surface area contributed by atoms with E-state index in [1.165, 1.54) is 12.7 Å². The second-order valence-corrected chi connectivity index (χ2v) is 6.00. The minimum Gasteiger partial charge on any atom is -0.466 e. The molecule has 3 nitrogen and oxygen atoms in total. The molecule has 1 fully saturated rings. The van der Waals surface area contributed by atoms with Crippen molar-refractivity contribution >= 4 is 17.3 Å². The fourth-order valence-corrected chi connectivity index (χ4v) is 3.17. The van der Waals surface area contributed by atoms with Gasteiger partial charge in [0.1, 0.15) is 5.78 Å². The van der Waals surface area contributed by atoms with Crippen molar-refractivity contribution in [2.45, 2.75) is 39.0 Å². The highest BCUT2D eigenvalue weighted by Gasteiger charge is 2.31. The van der Waals surface area contributed by atoms with Gasteiger partial charge < -0.3 is 4.74 Å². The van der Waals surface area contributed by atoms with Gasteiger partial charge in [0.15, 0.2) is 0 Å². The first-order chi connectivity index (χ1) is 10.1. The molecule has 0 heterocycles. The SMILES string of the molecule is COC(=O)/C(C)=C(/c1ccc2c(c1)CC(=O)CC2)C1CC1. The molecule has 2 aliphatic rings. The summed E-state index contributed by atoms with van der Waals surface area (Å²) in [7, 11) is 1.42. The van der Waals surface area contributed by atoms with Crippen molar-refractivity contribution in [2.24, 2.45) is 5.92 Å². The minimum absolute atomic E-state index is 0.259. The number of benzene rings is 1. The molecular weight excluding hydrogens is 264 g/mol. The van der Waals surface area contributed by atoms with Gasteiger partial charge in [-0.2, -0.15) is 0 Å². The number of hydrogen-bond donors (Lipinski definition) is 0. The molecule has 3 rings (SSSR count). The quantitative estimate of drug-likeness (QED) is 0.633. The van der Waals surface area contributed by atoms with Crippen LogP contribution in [-0.2, 0) is 27.2 Å². The van der Waals surface area contributed by atoms with E-state index in [4.69, 9.17) is 4.74 Å². The van der Waals surface area contributed by atoms with Crippen molar-refractivity contribution in [1.82, 2.24) is 0 Å². The second kappa shape index (κ2) is 5.47. The van der Waals surface area contributed by atoms with Gasteiger partial charge in [0.2, 0.25) is 0 Å². The first kappa shape index (κ1) is 14.1. The third-order valence-electron chi connectivity index (χ3n) is 4.46. The standard InChI is InChI=1S/C18H20O3/c1-11(18(20)21-2)17(13-4-5-13)14-6-3-12-7-8-16(19)10-15(12)9-14/h3,6,9,13H,4-5,7-8,10H2,1-2H3/b17-11+. The predicted molar refractivity (Wildman–Crippen MR) is 80.8 cm³/mol. The molecule has 0 N–H and O–H groups in total. The summed E-state index contributed by atoms with van der Waals surface area (Å²) in [5.41, 5.74) is 5.27. The fraction of sp³-hybridized carbons (Fsp3) is 0.444. The maximum atomic E-state index is 11.9. The van der Waals surface area contributed by atoms with E-state index >= 15 is 0 Å². The summed E-state index contributed by atoms with van der Waals surface area (Å²) in [6.45, 7) is 1.84. The van der Waals surface area contributed by atoms with E-state index in [-0.39, 0.29) is 5.97 Å². The average molecular weight is 284 g/mol. The number of carbonyl (C=O) groups is 2. The molecule has 110 valence electrons. The predicted octanol–water partition coefficient (Wildman–Crippen LogP) is 3.10. The van der Waals surface area contributed by atoms with Gasteiger partial charge in [-0.15, -0.1) is 0 Å². The smallest absolute Gasteiger partial charge is 0.333 e. The molecule has 0 aromatic heterocycles. The van der Waals surface area contributed by atoms with Gasteiger partial charge in [0.05, 0.1) is 7.11 Å². The van der Waals surface area contributed by atoms with Crippen LogP contribution in [-0.4, -0.2) is 18.9 Å². The average Bonchev–Trinajstić information content (AvgIpc) is 3.30. The van der Waals surface area contributed by atoms with E-state index in [1.807, 2.05) is 6.92 Å². The number of ether oxygens (including phenoxy) is 1. The molecular formula is C18H20O3. The zero-order valence-corrected chi connectivity index (χ0v) is 12.6.